The van der Waals surface area contributed by atoms with Gasteiger partial charge in [0, 0.05) is 12.1 Å². The van der Waals surface area contributed by atoms with Crippen LogP contribution in [0.3, 0.4) is 0 Å². The van der Waals surface area contributed by atoms with Crippen LogP contribution in [0.5, 0.6) is 0 Å². The molecular formula is C17H21ClF3NO5. The minimum Gasteiger partial charge on any atom is -0.481 e. The zero-order chi connectivity index (χ0) is 20.2. The highest BCUT2D eigenvalue weighted by Gasteiger charge is 2.45. The van der Waals surface area contributed by atoms with E-state index in [1.165, 1.54) is 25.7 Å². The van der Waals surface area contributed by atoms with Gasteiger partial charge in [0.25, 0.3) is 0 Å². The van der Waals surface area contributed by atoms with E-state index >= 15 is 0 Å². The van der Waals surface area contributed by atoms with Crippen LogP contribution in [0.15, 0.2) is 16.5 Å². The number of likely N-dealkylation sites (tertiary alicyclic amines) is 1. The maximum atomic E-state index is 11.3. The van der Waals surface area contributed by atoms with Crippen molar-refractivity contribution in [1.29, 1.82) is 0 Å². The Kier molecular flexibility index (Phi) is 6.80. The summed E-state index contributed by atoms with van der Waals surface area (Å²) < 4.78 is 37.2. The summed E-state index contributed by atoms with van der Waals surface area (Å²) in [4.78, 5) is 22.5. The lowest BCUT2D eigenvalue weighted by Crippen LogP contribution is -2.53. The van der Waals surface area contributed by atoms with Crippen LogP contribution in [0.4, 0.5) is 13.2 Å². The van der Waals surface area contributed by atoms with Gasteiger partial charge in [0.1, 0.15) is 5.76 Å². The number of hydrogen-bond donors (Lipinski definition) is 2. The van der Waals surface area contributed by atoms with E-state index in [1.54, 1.807) is 6.07 Å². The molecule has 1 unspecified atom stereocenters. The largest absolute Gasteiger partial charge is 0.490 e. The summed E-state index contributed by atoms with van der Waals surface area (Å²) in [6.07, 6.45) is 1.53. The summed E-state index contributed by atoms with van der Waals surface area (Å²) in [6.45, 7) is 1.28. The van der Waals surface area contributed by atoms with Gasteiger partial charge in [0.15, 0.2) is 5.22 Å². The number of carbonyl (C=O) groups is 2. The summed E-state index contributed by atoms with van der Waals surface area (Å²) in [6, 6.07) is 3.63. The van der Waals surface area contributed by atoms with Gasteiger partial charge in [-0.3, -0.25) is 9.69 Å². The Labute approximate surface area is 158 Å². The minimum atomic E-state index is -5.08. The number of alkyl halides is 3. The molecule has 2 fully saturated rings. The molecule has 2 heterocycles. The molecule has 1 aromatic heterocycles. The second kappa shape index (κ2) is 8.52. The summed E-state index contributed by atoms with van der Waals surface area (Å²) in [5.41, 5.74) is 0.186. The highest BCUT2D eigenvalue weighted by Crippen LogP contribution is 2.44. The Hall–Kier alpha value is -1.74. The highest BCUT2D eigenvalue weighted by atomic mass is 35.5. The SMILES string of the molecule is O=C(O)C(F)(F)F.O=C(O)C1CCC2(CCCC2)N(Cc2ccc(Cl)o2)C1. The molecule has 1 aromatic rings. The summed E-state index contributed by atoms with van der Waals surface area (Å²) in [5, 5.41) is 16.8. The van der Waals surface area contributed by atoms with Crippen LogP contribution in [0.25, 0.3) is 0 Å². The van der Waals surface area contributed by atoms with E-state index in [0.29, 0.717) is 18.3 Å². The van der Waals surface area contributed by atoms with E-state index in [4.69, 9.17) is 25.9 Å². The van der Waals surface area contributed by atoms with Gasteiger partial charge in [-0.1, -0.05) is 12.8 Å². The number of carboxylic acid groups (broad SMARTS) is 2. The third-order valence-electron chi connectivity index (χ3n) is 5.17. The highest BCUT2D eigenvalue weighted by molar-refractivity contribution is 6.28. The first-order chi connectivity index (χ1) is 12.5. The molecule has 152 valence electrons. The minimum absolute atomic E-state index is 0.186. The number of rotatable bonds is 3. The topological polar surface area (TPSA) is 91.0 Å². The number of piperidine rings is 1. The van der Waals surface area contributed by atoms with Gasteiger partial charge in [0.05, 0.1) is 12.5 Å². The van der Waals surface area contributed by atoms with Crippen LogP contribution in [0, 0.1) is 5.92 Å². The average Bonchev–Trinajstić information content (AvgIpc) is 3.19. The molecular weight excluding hydrogens is 391 g/mol. The molecule has 0 amide bonds. The molecule has 0 bridgehead atoms. The van der Waals surface area contributed by atoms with Crippen LogP contribution >= 0.6 is 11.6 Å². The molecule has 10 heteroatoms. The van der Waals surface area contributed by atoms with Gasteiger partial charge in [0.2, 0.25) is 0 Å². The van der Waals surface area contributed by atoms with E-state index < -0.39 is 18.1 Å². The molecule has 1 aliphatic carbocycles. The van der Waals surface area contributed by atoms with E-state index in [2.05, 4.69) is 4.90 Å². The number of halogens is 4. The average molecular weight is 412 g/mol. The monoisotopic (exact) mass is 411 g/mol. The summed E-state index contributed by atoms with van der Waals surface area (Å²) >= 11 is 5.83. The van der Waals surface area contributed by atoms with E-state index in [0.717, 1.165) is 18.6 Å². The van der Waals surface area contributed by atoms with Gasteiger partial charge in [-0.05, 0) is 49.4 Å². The molecule has 0 aromatic carbocycles. The molecule has 6 nitrogen and oxygen atoms in total. The van der Waals surface area contributed by atoms with Gasteiger partial charge in [-0.25, -0.2) is 4.79 Å². The van der Waals surface area contributed by atoms with Crippen molar-refractivity contribution in [2.45, 2.75) is 56.8 Å². The number of hydrogen-bond acceptors (Lipinski definition) is 4. The maximum Gasteiger partial charge on any atom is 0.490 e. The first-order valence-electron chi connectivity index (χ1n) is 8.56. The number of aliphatic carboxylic acids is 2. The van der Waals surface area contributed by atoms with Crippen molar-refractivity contribution in [2.24, 2.45) is 5.92 Å². The maximum absolute atomic E-state index is 11.3. The lowest BCUT2D eigenvalue weighted by Gasteiger charge is -2.46. The number of furan rings is 1. The third-order valence-corrected chi connectivity index (χ3v) is 5.37. The van der Waals surface area contributed by atoms with Crippen molar-refractivity contribution in [3.63, 3.8) is 0 Å². The fourth-order valence-corrected chi connectivity index (χ4v) is 3.97. The molecule has 1 atom stereocenters. The second-order valence-corrected chi connectivity index (χ2v) is 7.27. The molecule has 3 rings (SSSR count). The Morgan fingerprint density at radius 1 is 1.22 bits per heavy atom. The van der Waals surface area contributed by atoms with Crippen LogP contribution < -0.4 is 0 Å². The van der Waals surface area contributed by atoms with Crippen molar-refractivity contribution in [3.8, 4) is 0 Å². The summed E-state index contributed by atoms with van der Waals surface area (Å²) in [7, 11) is 0. The molecule has 1 saturated carbocycles. The van der Waals surface area contributed by atoms with Crippen LogP contribution in [-0.4, -0.2) is 45.3 Å². The predicted molar refractivity (Wildman–Crippen MR) is 89.4 cm³/mol. The fourth-order valence-electron chi connectivity index (χ4n) is 3.81. The Bertz CT molecular complexity index is 670. The lowest BCUT2D eigenvalue weighted by atomic mass is 9.80. The van der Waals surface area contributed by atoms with E-state index in [-0.39, 0.29) is 11.5 Å². The Balaban J connectivity index is 0.000000321. The lowest BCUT2D eigenvalue weighted by molar-refractivity contribution is -0.192. The van der Waals surface area contributed by atoms with Gasteiger partial charge in [-0.15, -0.1) is 0 Å². The van der Waals surface area contributed by atoms with Crippen molar-refractivity contribution >= 4 is 23.5 Å². The first-order valence-corrected chi connectivity index (χ1v) is 8.93. The zero-order valence-electron chi connectivity index (χ0n) is 14.5. The van der Waals surface area contributed by atoms with Crippen LogP contribution in [0.1, 0.15) is 44.3 Å². The van der Waals surface area contributed by atoms with Crippen LogP contribution in [0.2, 0.25) is 5.22 Å². The van der Waals surface area contributed by atoms with Crippen molar-refractivity contribution in [2.75, 3.05) is 6.54 Å². The zero-order valence-corrected chi connectivity index (χ0v) is 15.2. The van der Waals surface area contributed by atoms with Gasteiger partial charge < -0.3 is 14.6 Å². The molecule has 1 spiro atoms. The predicted octanol–water partition coefficient (Wildman–Crippen LogP) is 4.18. The molecule has 27 heavy (non-hydrogen) atoms. The molecule has 2 N–H and O–H groups in total. The molecule has 0 radical (unpaired) electrons. The van der Waals surface area contributed by atoms with E-state index in [1.807, 2.05) is 6.07 Å². The quantitative estimate of drug-likeness (QED) is 0.775. The first kappa shape index (κ1) is 21.6. The molecule has 1 saturated heterocycles. The standard InChI is InChI=1S/C15H20ClNO3.C2HF3O2/c16-13-4-3-12(20-13)10-17-9-11(14(18)19)5-8-15(17)6-1-2-7-15;3-2(4,5)1(6)7/h3-4,11H,1-2,5-10H2,(H,18,19);(H,6,7). The Morgan fingerprint density at radius 2 is 1.81 bits per heavy atom. The van der Waals surface area contributed by atoms with Crippen LogP contribution in [-0.2, 0) is 16.1 Å². The smallest absolute Gasteiger partial charge is 0.481 e. The van der Waals surface area contributed by atoms with Gasteiger partial charge >= 0.3 is 18.1 Å². The number of nitrogens with zero attached hydrogens (tertiary/aromatic N) is 1. The van der Waals surface area contributed by atoms with Crippen molar-refractivity contribution in [3.05, 3.63) is 23.1 Å². The Morgan fingerprint density at radius 3 is 2.26 bits per heavy atom. The second-order valence-electron chi connectivity index (χ2n) is 6.89. The third kappa shape index (κ3) is 5.62. The van der Waals surface area contributed by atoms with E-state index in [9.17, 15) is 23.1 Å². The fraction of sp³-hybridized carbons (Fsp3) is 0.647. The normalized spacial score (nSPS) is 22.3. The molecule has 2 aliphatic rings. The van der Waals surface area contributed by atoms with Gasteiger partial charge in [-0.2, -0.15) is 13.2 Å². The van der Waals surface area contributed by atoms with Crippen molar-refractivity contribution in [1.82, 2.24) is 4.90 Å². The summed E-state index contributed by atoms with van der Waals surface area (Å²) in [5.74, 6) is -2.87. The molecule has 1 aliphatic heterocycles. The van der Waals surface area contributed by atoms with Crippen molar-refractivity contribution < 1.29 is 37.4 Å². The number of carboxylic acids is 2.